The van der Waals surface area contributed by atoms with E-state index in [-0.39, 0.29) is 0 Å². The van der Waals surface area contributed by atoms with E-state index in [2.05, 4.69) is 11.2 Å². The summed E-state index contributed by atoms with van der Waals surface area (Å²) in [7, 11) is 0. The Morgan fingerprint density at radius 1 is 1.60 bits per heavy atom. The minimum absolute atomic E-state index is 0.848. The van der Waals surface area contributed by atoms with Crippen LogP contribution >= 0.6 is 0 Å². The third-order valence-corrected chi connectivity index (χ3v) is 1.44. The Balaban J connectivity index is 2.47. The molecule has 2 heteroatoms. The van der Waals surface area contributed by atoms with Gasteiger partial charge < -0.3 is 4.84 Å². The van der Waals surface area contributed by atoms with E-state index in [1.165, 1.54) is 0 Å². The molecule has 0 saturated heterocycles. The van der Waals surface area contributed by atoms with Crippen LogP contribution < -0.4 is 4.84 Å². The zero-order chi connectivity index (χ0) is 6.81. The fraction of sp³-hybridized carbons (Fsp3) is 0.125. The van der Waals surface area contributed by atoms with E-state index in [1.807, 2.05) is 18.2 Å². The van der Waals surface area contributed by atoms with Gasteiger partial charge in [-0.2, -0.15) is 0 Å². The van der Waals surface area contributed by atoms with E-state index in [0.717, 1.165) is 17.7 Å². The van der Waals surface area contributed by atoms with Gasteiger partial charge in [0.15, 0.2) is 5.75 Å². The van der Waals surface area contributed by atoms with E-state index >= 15 is 0 Å². The van der Waals surface area contributed by atoms with E-state index in [4.69, 9.17) is 4.84 Å². The standard InChI is InChI=1S/C8H6NO/c1-2-4-8-7(3-1)5-6-9-10-8/h2-4,6H,5H2. The van der Waals surface area contributed by atoms with Crippen molar-refractivity contribution < 1.29 is 4.84 Å². The molecule has 0 fully saturated rings. The molecule has 1 radical (unpaired) electrons. The fourth-order valence-electron chi connectivity index (χ4n) is 0.929. The highest BCUT2D eigenvalue weighted by Crippen LogP contribution is 2.19. The zero-order valence-electron chi connectivity index (χ0n) is 5.37. The maximum Gasteiger partial charge on any atom is 0.161 e. The van der Waals surface area contributed by atoms with E-state index in [9.17, 15) is 0 Å². The SMILES string of the molecule is [c]1ccc2c(c1)CC=NO2. The molecule has 1 heterocycles. The lowest BCUT2D eigenvalue weighted by Gasteiger charge is -2.07. The molecule has 0 amide bonds. The topological polar surface area (TPSA) is 21.6 Å². The van der Waals surface area contributed by atoms with Gasteiger partial charge in [-0.3, -0.25) is 0 Å². The lowest BCUT2D eigenvalue weighted by Crippen LogP contribution is -1.98. The lowest BCUT2D eigenvalue weighted by molar-refractivity contribution is 0.334. The van der Waals surface area contributed by atoms with Gasteiger partial charge in [-0.1, -0.05) is 11.2 Å². The van der Waals surface area contributed by atoms with Crippen LogP contribution in [0.2, 0.25) is 0 Å². The van der Waals surface area contributed by atoms with E-state index < -0.39 is 0 Å². The first kappa shape index (κ1) is 5.47. The van der Waals surface area contributed by atoms with Gasteiger partial charge in [-0.15, -0.1) is 0 Å². The number of hydrogen-bond acceptors (Lipinski definition) is 2. The number of oxime groups is 1. The monoisotopic (exact) mass is 132 g/mol. The highest BCUT2D eigenvalue weighted by atomic mass is 16.6. The van der Waals surface area contributed by atoms with E-state index in [1.54, 1.807) is 6.21 Å². The normalized spacial score (nSPS) is 14.0. The highest BCUT2D eigenvalue weighted by Gasteiger charge is 2.04. The zero-order valence-corrected chi connectivity index (χ0v) is 5.37. The molecule has 49 valence electrons. The average molecular weight is 132 g/mol. The summed E-state index contributed by atoms with van der Waals surface area (Å²) >= 11 is 0. The molecule has 0 N–H and O–H groups in total. The Labute approximate surface area is 59.1 Å². The second kappa shape index (κ2) is 2.14. The third-order valence-electron chi connectivity index (χ3n) is 1.44. The van der Waals surface area contributed by atoms with Gasteiger partial charge >= 0.3 is 0 Å². The van der Waals surface area contributed by atoms with Crippen LogP contribution in [-0.4, -0.2) is 6.21 Å². The van der Waals surface area contributed by atoms with Crippen LogP contribution in [0.5, 0.6) is 5.75 Å². The molecule has 1 aliphatic heterocycles. The smallest absolute Gasteiger partial charge is 0.161 e. The van der Waals surface area contributed by atoms with Gasteiger partial charge in [0.1, 0.15) is 0 Å². The summed E-state index contributed by atoms with van der Waals surface area (Å²) in [5.74, 6) is 0.848. The van der Waals surface area contributed by atoms with Gasteiger partial charge in [0.05, 0.1) is 0 Å². The number of benzene rings is 1. The molecule has 2 rings (SSSR count). The first-order chi connectivity index (χ1) is 4.97. The Bertz CT molecular complexity index is 241. The summed E-state index contributed by atoms with van der Waals surface area (Å²) in [6.07, 6.45) is 2.60. The van der Waals surface area contributed by atoms with Gasteiger partial charge in [0, 0.05) is 18.2 Å². The molecule has 0 aromatic heterocycles. The molecule has 0 bridgehead atoms. The van der Waals surface area contributed by atoms with Crippen LogP contribution in [0.3, 0.4) is 0 Å². The van der Waals surface area contributed by atoms with Crippen molar-refractivity contribution in [1.29, 1.82) is 0 Å². The van der Waals surface area contributed by atoms with Gasteiger partial charge in [-0.25, -0.2) is 0 Å². The van der Waals surface area contributed by atoms with Crippen LogP contribution in [0.15, 0.2) is 23.4 Å². The first-order valence-electron chi connectivity index (χ1n) is 3.14. The summed E-state index contributed by atoms with van der Waals surface area (Å²) in [5, 5.41) is 3.68. The van der Waals surface area contributed by atoms with Gasteiger partial charge in [0.25, 0.3) is 0 Å². The maximum atomic E-state index is 4.97. The van der Waals surface area contributed by atoms with Crippen LogP contribution in [0.1, 0.15) is 5.56 Å². The Morgan fingerprint density at radius 3 is 3.50 bits per heavy atom. The summed E-state index contributed by atoms with van der Waals surface area (Å²) in [6.45, 7) is 0. The molecular formula is C8H6NO. The number of fused-ring (bicyclic) bond motifs is 1. The molecule has 10 heavy (non-hydrogen) atoms. The predicted octanol–water partition coefficient (Wildman–Crippen LogP) is 1.41. The lowest BCUT2D eigenvalue weighted by atomic mass is 10.1. The summed E-state index contributed by atoms with van der Waals surface area (Å²) < 4.78 is 0. The average Bonchev–Trinajstić information content (AvgIpc) is 2.05. The molecule has 1 aliphatic rings. The van der Waals surface area contributed by atoms with Crippen molar-refractivity contribution in [2.45, 2.75) is 6.42 Å². The molecule has 0 unspecified atom stereocenters. The van der Waals surface area contributed by atoms with Crippen LogP contribution in [0, 0.1) is 6.07 Å². The molecule has 2 nitrogen and oxygen atoms in total. The number of rotatable bonds is 0. The summed E-state index contributed by atoms with van der Waals surface area (Å²) in [4.78, 5) is 4.97. The van der Waals surface area contributed by atoms with Crippen molar-refractivity contribution in [3.8, 4) is 5.75 Å². The minimum atomic E-state index is 0.848. The molecule has 0 atom stereocenters. The molecule has 1 aromatic carbocycles. The Hall–Kier alpha value is -1.31. The van der Waals surface area contributed by atoms with Crippen LogP contribution in [0.4, 0.5) is 0 Å². The Morgan fingerprint density at radius 2 is 2.60 bits per heavy atom. The summed E-state index contributed by atoms with van der Waals surface area (Å²) in [5.41, 5.74) is 1.15. The third kappa shape index (κ3) is 0.778. The summed E-state index contributed by atoms with van der Waals surface area (Å²) in [6, 6.07) is 8.58. The molecule has 0 saturated carbocycles. The quantitative estimate of drug-likeness (QED) is 0.523. The molecular weight excluding hydrogens is 126 g/mol. The molecule has 0 spiro atoms. The maximum absolute atomic E-state index is 4.97. The van der Waals surface area contributed by atoms with Crippen molar-refractivity contribution >= 4 is 6.21 Å². The number of hydrogen-bond donors (Lipinski definition) is 0. The minimum Gasteiger partial charge on any atom is -0.357 e. The van der Waals surface area contributed by atoms with Crippen molar-refractivity contribution in [2.75, 3.05) is 0 Å². The Kier molecular flexibility index (Phi) is 1.17. The van der Waals surface area contributed by atoms with Crippen molar-refractivity contribution in [3.63, 3.8) is 0 Å². The van der Waals surface area contributed by atoms with Crippen molar-refractivity contribution in [1.82, 2.24) is 0 Å². The second-order valence-electron chi connectivity index (χ2n) is 2.12. The van der Waals surface area contributed by atoms with Crippen molar-refractivity contribution in [2.24, 2.45) is 5.16 Å². The first-order valence-corrected chi connectivity index (χ1v) is 3.14. The van der Waals surface area contributed by atoms with Crippen LogP contribution in [-0.2, 0) is 6.42 Å². The molecule has 1 aromatic rings. The van der Waals surface area contributed by atoms with Crippen LogP contribution in [0.25, 0.3) is 0 Å². The molecule has 0 aliphatic carbocycles. The highest BCUT2D eigenvalue weighted by molar-refractivity contribution is 5.64. The van der Waals surface area contributed by atoms with E-state index in [0.29, 0.717) is 0 Å². The second-order valence-corrected chi connectivity index (χ2v) is 2.12. The van der Waals surface area contributed by atoms with Gasteiger partial charge in [-0.05, 0) is 18.2 Å². The van der Waals surface area contributed by atoms with Crippen molar-refractivity contribution in [3.05, 3.63) is 29.8 Å². The fourth-order valence-corrected chi connectivity index (χ4v) is 0.929. The number of nitrogens with zero attached hydrogens (tertiary/aromatic N) is 1. The largest absolute Gasteiger partial charge is 0.357 e. The predicted molar refractivity (Wildman–Crippen MR) is 38.1 cm³/mol. The van der Waals surface area contributed by atoms with Gasteiger partial charge in [0.2, 0.25) is 0 Å².